The number of hydrogen-bond acceptors (Lipinski definition) is 5. The van der Waals surface area contributed by atoms with Gasteiger partial charge in [-0.05, 0) is 48.2 Å². The Balaban J connectivity index is 0.00000280. The van der Waals surface area contributed by atoms with Crippen molar-refractivity contribution in [2.75, 3.05) is 11.9 Å². The van der Waals surface area contributed by atoms with Gasteiger partial charge in [-0.2, -0.15) is 0 Å². The van der Waals surface area contributed by atoms with Crippen LogP contribution in [0.15, 0.2) is 71.7 Å². The second-order valence-electron chi connectivity index (χ2n) is 9.72. The smallest absolute Gasteiger partial charge is 0.494 e. The van der Waals surface area contributed by atoms with E-state index >= 15 is 0 Å². The van der Waals surface area contributed by atoms with E-state index in [9.17, 15) is 23.9 Å². The average molecular weight is 583 g/mol. The third-order valence-electron chi connectivity index (χ3n) is 5.88. The molecule has 1 heterocycles. The number of nitrogens with one attached hydrogen (secondary N) is 2. The number of carbonyl (C=O) groups is 1. The van der Waals surface area contributed by atoms with Crippen LogP contribution < -0.4 is 20.0 Å². The number of benzene rings is 3. The number of phosphoric ester groups is 1. The topological polar surface area (TPSA) is 138 Å². The van der Waals surface area contributed by atoms with Crippen LogP contribution in [0, 0.1) is 0 Å². The Labute approximate surface area is 276 Å². The van der Waals surface area contributed by atoms with E-state index in [-0.39, 0.29) is 76.1 Å². The number of phosphoric acid groups is 1. The first-order valence-corrected chi connectivity index (χ1v) is 13.5. The van der Waals surface area contributed by atoms with Crippen LogP contribution in [-0.4, -0.2) is 86.4 Å². The molecular formula is C28H29N2Na2O7P. The van der Waals surface area contributed by atoms with E-state index in [1.807, 2.05) is 33.8 Å². The van der Waals surface area contributed by atoms with Gasteiger partial charge in [0.1, 0.15) is 17.1 Å². The molecule has 0 saturated carbocycles. The number of carbonyl (C=O) groups excluding carboxylic acids is 1. The molecule has 0 atom stereocenters. The first-order valence-electron chi connectivity index (χ1n) is 12.0. The molecule has 0 spiro atoms. The number of amides is 1. The molecule has 0 fully saturated rings. The molecule has 1 aromatic heterocycles. The standard InChI is InChI=1S/C28H29N2O7P.2Na/c1-5-36-18-10-8-9-17(13-18)20-14-22(28(2,3)4)25(37-38(33,34)35)15-24(20)30-27(32)21-16-29-23-12-7-6-11-19(23)26(21)31;;/h6-16H,5H2,1-4H3,(H,29,31)(H,30,32)(H2,33,34,35);;. The molecule has 4 N–H and O–H groups in total. The van der Waals surface area contributed by atoms with E-state index in [1.165, 1.54) is 12.3 Å². The van der Waals surface area contributed by atoms with Gasteiger partial charge in [0.2, 0.25) is 5.43 Å². The van der Waals surface area contributed by atoms with Crippen LogP contribution in [0.1, 0.15) is 43.6 Å². The van der Waals surface area contributed by atoms with Crippen LogP contribution in [0.2, 0.25) is 0 Å². The summed E-state index contributed by atoms with van der Waals surface area (Å²) in [4.78, 5) is 48.5. The molecule has 2 radical (unpaired) electrons. The van der Waals surface area contributed by atoms with Gasteiger partial charge in [0.15, 0.2) is 0 Å². The molecule has 0 unspecified atom stereocenters. The van der Waals surface area contributed by atoms with Crippen molar-refractivity contribution in [3.8, 4) is 22.6 Å². The maximum absolute atomic E-state index is 13.4. The summed E-state index contributed by atoms with van der Waals surface area (Å²) in [5.74, 6) is -0.163. The van der Waals surface area contributed by atoms with Crippen molar-refractivity contribution in [3.63, 3.8) is 0 Å². The van der Waals surface area contributed by atoms with Crippen molar-refractivity contribution < 1.29 is 28.4 Å². The molecule has 9 nitrogen and oxygen atoms in total. The summed E-state index contributed by atoms with van der Waals surface area (Å²) in [7, 11) is -4.92. The van der Waals surface area contributed by atoms with Crippen molar-refractivity contribution >= 4 is 89.4 Å². The number of aromatic amines is 1. The Bertz CT molecular complexity index is 1630. The molecule has 0 saturated heterocycles. The number of fused-ring (bicyclic) bond motifs is 1. The molecule has 4 aromatic rings. The first kappa shape index (κ1) is 34.3. The number of para-hydroxylation sites is 1. The zero-order chi connectivity index (χ0) is 27.7. The number of ether oxygens (including phenoxy) is 1. The third-order valence-corrected chi connectivity index (χ3v) is 6.32. The van der Waals surface area contributed by atoms with E-state index in [4.69, 9.17) is 9.26 Å². The fourth-order valence-corrected chi connectivity index (χ4v) is 4.57. The molecule has 0 bridgehead atoms. The van der Waals surface area contributed by atoms with Crippen LogP contribution in [0.5, 0.6) is 11.5 Å². The molecule has 3 aromatic carbocycles. The zero-order valence-electron chi connectivity index (χ0n) is 23.4. The molecule has 1 amide bonds. The van der Waals surface area contributed by atoms with Gasteiger partial charge in [0, 0.05) is 93.4 Å². The van der Waals surface area contributed by atoms with Gasteiger partial charge in [0.25, 0.3) is 5.91 Å². The van der Waals surface area contributed by atoms with Crippen LogP contribution in [0.4, 0.5) is 5.69 Å². The van der Waals surface area contributed by atoms with Gasteiger partial charge in [-0.15, -0.1) is 0 Å². The maximum Gasteiger partial charge on any atom is 0.524 e. The van der Waals surface area contributed by atoms with E-state index in [0.29, 0.717) is 39.9 Å². The number of anilines is 1. The summed E-state index contributed by atoms with van der Waals surface area (Å²) >= 11 is 0. The summed E-state index contributed by atoms with van der Waals surface area (Å²) in [6, 6.07) is 17.2. The van der Waals surface area contributed by atoms with Crippen LogP contribution in [-0.2, 0) is 9.98 Å². The number of pyridine rings is 1. The Morgan fingerprint density at radius 1 is 1.02 bits per heavy atom. The normalized spacial score (nSPS) is 11.2. The number of rotatable bonds is 7. The first-order chi connectivity index (χ1) is 17.9. The van der Waals surface area contributed by atoms with Crippen LogP contribution in [0.3, 0.4) is 0 Å². The van der Waals surface area contributed by atoms with Crippen LogP contribution >= 0.6 is 7.82 Å². The van der Waals surface area contributed by atoms with Crippen molar-refractivity contribution in [1.82, 2.24) is 4.98 Å². The quantitative estimate of drug-likeness (QED) is 0.181. The Kier molecular flexibility index (Phi) is 11.9. The number of aromatic nitrogens is 1. The van der Waals surface area contributed by atoms with E-state index in [0.717, 1.165) is 0 Å². The van der Waals surface area contributed by atoms with Crippen LogP contribution in [0.25, 0.3) is 22.0 Å². The third kappa shape index (κ3) is 8.10. The van der Waals surface area contributed by atoms with Gasteiger partial charge in [-0.25, -0.2) is 4.57 Å². The zero-order valence-corrected chi connectivity index (χ0v) is 28.3. The Hall–Kier alpha value is -1.91. The van der Waals surface area contributed by atoms with Gasteiger partial charge in [-0.3, -0.25) is 19.4 Å². The second kappa shape index (κ2) is 13.8. The molecule has 40 heavy (non-hydrogen) atoms. The summed E-state index contributed by atoms with van der Waals surface area (Å²) in [6.45, 7) is 7.96. The van der Waals surface area contributed by atoms with Gasteiger partial charge in [-0.1, -0.05) is 45.0 Å². The molecule has 0 aliphatic heterocycles. The molecular weight excluding hydrogens is 553 g/mol. The van der Waals surface area contributed by atoms with Crippen molar-refractivity contribution in [3.05, 3.63) is 88.2 Å². The van der Waals surface area contributed by atoms with Crippen molar-refractivity contribution in [2.45, 2.75) is 33.1 Å². The minimum Gasteiger partial charge on any atom is -0.494 e. The number of H-pyrrole nitrogens is 1. The Morgan fingerprint density at radius 2 is 1.73 bits per heavy atom. The minimum atomic E-state index is -4.92. The molecule has 200 valence electrons. The number of hydrogen-bond donors (Lipinski definition) is 4. The molecule has 0 aliphatic carbocycles. The largest absolute Gasteiger partial charge is 0.524 e. The Morgan fingerprint density at radius 3 is 2.38 bits per heavy atom. The average Bonchev–Trinajstić information content (AvgIpc) is 2.83. The predicted octanol–water partition coefficient (Wildman–Crippen LogP) is 4.85. The summed E-state index contributed by atoms with van der Waals surface area (Å²) < 4.78 is 22.5. The van der Waals surface area contributed by atoms with Gasteiger partial charge < -0.3 is 19.6 Å². The second-order valence-corrected chi connectivity index (χ2v) is 10.9. The van der Waals surface area contributed by atoms with E-state index in [1.54, 1.807) is 48.5 Å². The van der Waals surface area contributed by atoms with E-state index in [2.05, 4.69) is 10.3 Å². The van der Waals surface area contributed by atoms with Crippen molar-refractivity contribution in [1.29, 1.82) is 0 Å². The predicted molar refractivity (Wildman–Crippen MR) is 158 cm³/mol. The summed E-state index contributed by atoms with van der Waals surface area (Å²) in [6.07, 6.45) is 1.34. The van der Waals surface area contributed by atoms with Gasteiger partial charge in [0.05, 0.1) is 12.3 Å². The van der Waals surface area contributed by atoms with E-state index < -0.39 is 24.6 Å². The molecule has 4 rings (SSSR count). The minimum absolute atomic E-state index is 0. The SMILES string of the molecule is CCOc1cccc(-c2cc(C(C)(C)C)c(OP(=O)(O)O)cc2NC(=O)c2c[nH]c3ccccc3c2=O)c1.[Na].[Na]. The fraction of sp³-hybridized carbons (Fsp3) is 0.214. The monoisotopic (exact) mass is 582 g/mol. The summed E-state index contributed by atoms with van der Waals surface area (Å²) in [5, 5.41) is 3.11. The van der Waals surface area contributed by atoms with Crippen molar-refractivity contribution in [2.24, 2.45) is 0 Å². The molecule has 12 heteroatoms. The molecule has 0 aliphatic rings. The fourth-order valence-electron chi connectivity index (χ4n) is 4.16. The van der Waals surface area contributed by atoms with Gasteiger partial charge >= 0.3 is 7.82 Å². The summed E-state index contributed by atoms with van der Waals surface area (Å²) in [5.41, 5.74) is 1.41. The maximum atomic E-state index is 13.4.